The number of carbonyl (C=O) groups excluding carboxylic acids is 2. The average molecular weight is 449 g/mol. The van der Waals surface area contributed by atoms with Crippen LogP contribution in [-0.4, -0.2) is 33.3 Å². The van der Waals surface area contributed by atoms with Crippen LogP contribution in [0.4, 0.5) is 0 Å². The molecule has 1 aromatic heterocycles. The molecule has 0 bridgehead atoms. The Kier molecular flexibility index (Phi) is 6.23. The molecule has 162 valence electrons. The van der Waals surface area contributed by atoms with Gasteiger partial charge in [0.25, 0.3) is 11.7 Å². The van der Waals surface area contributed by atoms with Gasteiger partial charge in [-0.3, -0.25) is 14.6 Å². The topological polar surface area (TPSA) is 79.7 Å². The molecule has 2 aromatic carbocycles. The van der Waals surface area contributed by atoms with Gasteiger partial charge < -0.3 is 14.7 Å². The maximum absolute atomic E-state index is 13.1. The van der Waals surface area contributed by atoms with Crippen LogP contribution in [-0.2, 0) is 16.1 Å². The van der Waals surface area contributed by atoms with E-state index in [2.05, 4.69) is 4.98 Å². The van der Waals surface area contributed by atoms with E-state index in [0.717, 1.165) is 11.1 Å². The first-order valence-electron chi connectivity index (χ1n) is 10.2. The molecule has 1 unspecified atom stereocenters. The molecule has 1 aliphatic heterocycles. The van der Waals surface area contributed by atoms with Crippen LogP contribution in [0.5, 0.6) is 5.75 Å². The van der Waals surface area contributed by atoms with Gasteiger partial charge in [-0.05, 0) is 48.4 Å². The molecule has 32 heavy (non-hydrogen) atoms. The molecule has 0 radical (unpaired) electrons. The number of Topliss-reactive ketones (excluding diaryl/α,β-unsaturated/α-hetero) is 1. The van der Waals surface area contributed by atoms with Gasteiger partial charge in [-0.15, -0.1) is 0 Å². The number of hydrogen-bond acceptors (Lipinski definition) is 5. The number of ketones is 1. The lowest BCUT2D eigenvalue weighted by molar-refractivity contribution is -0.140. The van der Waals surface area contributed by atoms with E-state index in [-0.39, 0.29) is 17.9 Å². The van der Waals surface area contributed by atoms with E-state index in [0.29, 0.717) is 22.9 Å². The highest BCUT2D eigenvalue weighted by molar-refractivity contribution is 6.46. The fraction of sp³-hybridized carbons (Fsp3) is 0.160. The number of nitrogens with zero attached hydrogens (tertiary/aromatic N) is 2. The van der Waals surface area contributed by atoms with Crippen LogP contribution >= 0.6 is 11.6 Å². The minimum Gasteiger partial charge on any atom is -0.507 e. The number of carbonyl (C=O) groups is 2. The summed E-state index contributed by atoms with van der Waals surface area (Å²) in [6.07, 6.45) is 3.26. The normalized spacial score (nSPS) is 17.6. The molecule has 0 spiro atoms. The van der Waals surface area contributed by atoms with E-state index in [1.807, 2.05) is 37.3 Å². The van der Waals surface area contributed by atoms with Gasteiger partial charge in [-0.2, -0.15) is 0 Å². The maximum atomic E-state index is 13.1. The number of aliphatic hydroxyl groups is 1. The molecule has 1 amide bonds. The Labute approximate surface area is 190 Å². The van der Waals surface area contributed by atoms with Crippen molar-refractivity contribution in [2.75, 3.05) is 6.61 Å². The molecule has 7 heteroatoms. The second-order valence-corrected chi connectivity index (χ2v) is 7.68. The zero-order chi connectivity index (χ0) is 22.7. The smallest absolute Gasteiger partial charge is 0.295 e. The van der Waals surface area contributed by atoms with E-state index in [1.54, 1.807) is 42.7 Å². The lowest BCUT2D eigenvalue weighted by Gasteiger charge is -2.25. The fourth-order valence-corrected chi connectivity index (χ4v) is 3.95. The average Bonchev–Trinajstić information content (AvgIpc) is 3.06. The number of pyridine rings is 1. The first kappa shape index (κ1) is 21.6. The number of aromatic nitrogens is 1. The predicted octanol–water partition coefficient (Wildman–Crippen LogP) is 4.76. The first-order valence-corrected chi connectivity index (χ1v) is 10.5. The standard InChI is InChI=1S/C25H21ClN2O4/c1-2-32-20-14-18(8-9-19(20)26)23(29)21-22(17-6-4-3-5-7-17)28(25(31)24(21)30)15-16-10-12-27-13-11-16/h3-14,22,29H,2,15H2,1H3/b23-21-. The Morgan fingerprint density at radius 3 is 2.50 bits per heavy atom. The summed E-state index contributed by atoms with van der Waals surface area (Å²) >= 11 is 6.17. The number of aliphatic hydroxyl groups excluding tert-OH is 1. The Balaban J connectivity index is 1.85. The predicted molar refractivity (Wildman–Crippen MR) is 121 cm³/mol. The minimum atomic E-state index is -0.740. The third kappa shape index (κ3) is 4.09. The molecular formula is C25H21ClN2O4. The molecule has 1 N–H and O–H groups in total. The molecule has 3 aromatic rings. The molecule has 1 aliphatic rings. The van der Waals surface area contributed by atoms with Crippen molar-refractivity contribution in [3.8, 4) is 5.75 Å². The van der Waals surface area contributed by atoms with Crippen LogP contribution < -0.4 is 4.74 Å². The van der Waals surface area contributed by atoms with Crippen LogP contribution in [0.15, 0.2) is 78.6 Å². The van der Waals surface area contributed by atoms with E-state index < -0.39 is 17.7 Å². The van der Waals surface area contributed by atoms with E-state index in [1.165, 1.54) is 4.90 Å². The number of amides is 1. The van der Waals surface area contributed by atoms with E-state index in [9.17, 15) is 14.7 Å². The zero-order valence-corrected chi connectivity index (χ0v) is 18.1. The summed E-state index contributed by atoms with van der Waals surface area (Å²) < 4.78 is 5.52. The Morgan fingerprint density at radius 2 is 1.81 bits per heavy atom. The highest BCUT2D eigenvalue weighted by Gasteiger charge is 2.46. The molecule has 1 saturated heterocycles. The summed E-state index contributed by atoms with van der Waals surface area (Å²) in [5, 5.41) is 11.6. The summed E-state index contributed by atoms with van der Waals surface area (Å²) in [6.45, 7) is 2.42. The molecule has 6 nitrogen and oxygen atoms in total. The Hall–Kier alpha value is -3.64. The van der Waals surface area contributed by atoms with E-state index >= 15 is 0 Å². The second kappa shape index (κ2) is 9.24. The van der Waals surface area contributed by atoms with Crippen molar-refractivity contribution >= 4 is 29.1 Å². The van der Waals surface area contributed by atoms with Crippen molar-refractivity contribution in [3.63, 3.8) is 0 Å². The lowest BCUT2D eigenvalue weighted by Crippen LogP contribution is -2.29. The summed E-state index contributed by atoms with van der Waals surface area (Å²) in [5.41, 5.74) is 1.93. The van der Waals surface area contributed by atoms with Gasteiger partial charge in [0.1, 0.15) is 11.5 Å². The van der Waals surface area contributed by atoms with Crippen molar-refractivity contribution in [1.82, 2.24) is 9.88 Å². The van der Waals surface area contributed by atoms with Crippen molar-refractivity contribution in [3.05, 3.63) is 100 Å². The van der Waals surface area contributed by atoms with Gasteiger partial charge in [0.05, 0.1) is 23.2 Å². The molecule has 2 heterocycles. The molecule has 0 aliphatic carbocycles. The number of hydrogen-bond donors (Lipinski definition) is 1. The highest BCUT2D eigenvalue weighted by Crippen LogP contribution is 2.41. The number of benzene rings is 2. The third-order valence-corrected chi connectivity index (χ3v) is 5.57. The number of ether oxygens (including phenoxy) is 1. The second-order valence-electron chi connectivity index (χ2n) is 7.27. The van der Waals surface area contributed by atoms with Crippen LogP contribution in [0.3, 0.4) is 0 Å². The zero-order valence-electron chi connectivity index (χ0n) is 17.4. The molecule has 1 fully saturated rings. The van der Waals surface area contributed by atoms with Crippen LogP contribution in [0, 0.1) is 0 Å². The molecule has 1 atom stereocenters. The largest absolute Gasteiger partial charge is 0.507 e. The van der Waals surface area contributed by atoms with Crippen molar-refractivity contribution in [2.24, 2.45) is 0 Å². The lowest BCUT2D eigenvalue weighted by atomic mass is 9.95. The van der Waals surface area contributed by atoms with Crippen LogP contribution in [0.1, 0.15) is 29.7 Å². The van der Waals surface area contributed by atoms with Gasteiger partial charge in [0.2, 0.25) is 0 Å². The van der Waals surface area contributed by atoms with Crippen molar-refractivity contribution in [1.29, 1.82) is 0 Å². The number of rotatable bonds is 6. The van der Waals surface area contributed by atoms with Crippen molar-refractivity contribution in [2.45, 2.75) is 19.5 Å². The monoisotopic (exact) mass is 448 g/mol. The molecule has 0 saturated carbocycles. The van der Waals surface area contributed by atoms with Gasteiger partial charge in [0, 0.05) is 24.5 Å². The number of halogens is 1. The molecular weight excluding hydrogens is 428 g/mol. The number of likely N-dealkylation sites (tertiary alicyclic amines) is 1. The molecule has 4 rings (SSSR count). The fourth-order valence-electron chi connectivity index (χ4n) is 3.78. The van der Waals surface area contributed by atoms with Gasteiger partial charge in [0.15, 0.2) is 0 Å². The SMILES string of the molecule is CCOc1cc(/C(O)=C2/C(=O)C(=O)N(Cc3ccncc3)C2c2ccccc2)ccc1Cl. The quantitative estimate of drug-likeness (QED) is 0.334. The first-order chi connectivity index (χ1) is 15.5. The van der Waals surface area contributed by atoms with Crippen LogP contribution in [0.2, 0.25) is 5.02 Å². The summed E-state index contributed by atoms with van der Waals surface area (Å²) in [5.74, 6) is -1.29. The maximum Gasteiger partial charge on any atom is 0.295 e. The third-order valence-electron chi connectivity index (χ3n) is 5.26. The summed E-state index contributed by atoms with van der Waals surface area (Å²) in [4.78, 5) is 31.6. The highest BCUT2D eigenvalue weighted by atomic mass is 35.5. The van der Waals surface area contributed by atoms with Crippen LogP contribution in [0.25, 0.3) is 5.76 Å². The van der Waals surface area contributed by atoms with Gasteiger partial charge in [-0.1, -0.05) is 41.9 Å². The minimum absolute atomic E-state index is 0.0278. The van der Waals surface area contributed by atoms with Gasteiger partial charge in [-0.25, -0.2) is 0 Å². The Bertz CT molecular complexity index is 1180. The van der Waals surface area contributed by atoms with E-state index in [4.69, 9.17) is 16.3 Å². The van der Waals surface area contributed by atoms with Gasteiger partial charge >= 0.3 is 0 Å². The summed E-state index contributed by atoms with van der Waals surface area (Å²) in [6, 6.07) is 16.8. The Morgan fingerprint density at radius 1 is 1.09 bits per heavy atom. The van der Waals surface area contributed by atoms with Crippen molar-refractivity contribution < 1.29 is 19.4 Å². The summed E-state index contributed by atoms with van der Waals surface area (Å²) in [7, 11) is 0.